The molecule has 0 aromatic heterocycles. The zero-order valence-electron chi connectivity index (χ0n) is 24.7. The van der Waals surface area contributed by atoms with Crippen LogP contribution in [-0.2, 0) is 11.3 Å². The zero-order chi connectivity index (χ0) is 28.0. The zero-order valence-corrected chi connectivity index (χ0v) is 24.7. The Morgan fingerprint density at radius 3 is 1.70 bits per heavy atom. The van der Waals surface area contributed by atoms with E-state index in [1.165, 1.54) is 71.9 Å². The van der Waals surface area contributed by atoms with Crippen LogP contribution in [0, 0.1) is 41.5 Å². The van der Waals surface area contributed by atoms with Crippen LogP contribution in [-0.4, -0.2) is 25.9 Å². The van der Waals surface area contributed by atoms with Gasteiger partial charge in [-0.2, -0.15) is 0 Å². The molecule has 3 nitrogen and oxygen atoms in total. The molecular formula is C37H40N2O. The van der Waals surface area contributed by atoms with E-state index in [-0.39, 0.29) is 6.04 Å². The number of anilines is 2. The summed E-state index contributed by atoms with van der Waals surface area (Å²) in [5, 5.41) is 5.10. The summed E-state index contributed by atoms with van der Waals surface area (Å²) in [5.74, 6) is 0. The molecule has 0 N–H and O–H groups in total. The van der Waals surface area contributed by atoms with Crippen LogP contribution < -0.4 is 9.80 Å². The van der Waals surface area contributed by atoms with Crippen molar-refractivity contribution in [3.8, 4) is 0 Å². The van der Waals surface area contributed by atoms with Gasteiger partial charge in [-0.1, -0.05) is 83.9 Å². The van der Waals surface area contributed by atoms with Crippen molar-refractivity contribution in [2.75, 3.05) is 29.6 Å². The van der Waals surface area contributed by atoms with Crippen molar-refractivity contribution >= 4 is 32.9 Å². The highest BCUT2D eigenvalue weighted by molar-refractivity contribution is 6.02. The maximum absolute atomic E-state index is 6.67. The number of nitrogens with zero attached hydrogens (tertiary/aromatic N) is 2. The quantitative estimate of drug-likeness (QED) is 0.205. The first-order valence-electron chi connectivity index (χ1n) is 14.4. The number of aryl methyl sites for hydroxylation is 6. The molecule has 0 radical (unpaired) electrons. The standard InChI is InChI=1S/C37H40N2O/c1-24-15-26(3)36(27(4)16-24)38-20-32(39(23-38)37-28(5)17-25(2)18-29(37)6)21-40-22-35-33-13-9-7-11-30(33)19-31-12-8-10-14-34(31)35/h7-19,32H,20-23H2,1-6H3. The second kappa shape index (κ2) is 10.6. The van der Waals surface area contributed by atoms with E-state index < -0.39 is 0 Å². The van der Waals surface area contributed by atoms with E-state index in [1.54, 1.807) is 0 Å². The van der Waals surface area contributed by atoms with Crippen molar-refractivity contribution < 1.29 is 4.74 Å². The Bertz CT molecular complexity index is 1620. The predicted molar refractivity (Wildman–Crippen MR) is 171 cm³/mol. The van der Waals surface area contributed by atoms with E-state index in [0.29, 0.717) is 13.2 Å². The number of fused-ring (bicyclic) bond motifs is 2. The van der Waals surface area contributed by atoms with Gasteiger partial charge in [0.15, 0.2) is 0 Å². The van der Waals surface area contributed by atoms with Crippen LogP contribution in [0.1, 0.15) is 38.9 Å². The molecule has 5 aromatic rings. The van der Waals surface area contributed by atoms with Crippen LogP contribution in [0.15, 0.2) is 78.9 Å². The van der Waals surface area contributed by atoms with E-state index in [0.717, 1.165) is 13.2 Å². The fourth-order valence-electron chi connectivity index (χ4n) is 7.13. The molecule has 1 aliphatic heterocycles. The van der Waals surface area contributed by atoms with Crippen LogP contribution in [0.5, 0.6) is 0 Å². The minimum Gasteiger partial charge on any atom is -0.375 e. The molecule has 40 heavy (non-hydrogen) atoms. The topological polar surface area (TPSA) is 15.7 Å². The van der Waals surface area contributed by atoms with Crippen LogP contribution in [0.2, 0.25) is 0 Å². The summed E-state index contributed by atoms with van der Waals surface area (Å²) in [5.41, 5.74) is 12.0. The maximum atomic E-state index is 6.67. The van der Waals surface area contributed by atoms with E-state index in [9.17, 15) is 0 Å². The van der Waals surface area contributed by atoms with Crippen molar-refractivity contribution in [3.05, 3.63) is 118 Å². The van der Waals surface area contributed by atoms with Crippen molar-refractivity contribution in [1.82, 2.24) is 0 Å². The normalized spacial score (nSPS) is 15.5. The molecule has 1 heterocycles. The van der Waals surface area contributed by atoms with Gasteiger partial charge in [0.05, 0.1) is 25.9 Å². The van der Waals surface area contributed by atoms with E-state index in [2.05, 4.69) is 130 Å². The van der Waals surface area contributed by atoms with Crippen molar-refractivity contribution in [2.45, 2.75) is 54.2 Å². The number of hydrogen-bond donors (Lipinski definition) is 0. The number of hydrogen-bond acceptors (Lipinski definition) is 3. The first-order chi connectivity index (χ1) is 19.3. The minimum atomic E-state index is 0.251. The van der Waals surface area contributed by atoms with Gasteiger partial charge in [0.25, 0.3) is 0 Å². The Kier molecular flexibility index (Phi) is 7.02. The molecule has 1 atom stereocenters. The summed E-state index contributed by atoms with van der Waals surface area (Å²) in [6.45, 7) is 16.4. The molecule has 1 unspecified atom stereocenters. The Morgan fingerprint density at radius 2 is 1.15 bits per heavy atom. The van der Waals surface area contributed by atoms with Gasteiger partial charge < -0.3 is 14.5 Å². The van der Waals surface area contributed by atoms with Gasteiger partial charge in [-0.05, 0) is 97.0 Å². The van der Waals surface area contributed by atoms with Gasteiger partial charge >= 0.3 is 0 Å². The fraction of sp³-hybridized carbons (Fsp3) is 0.297. The SMILES string of the molecule is Cc1cc(C)c(N2CC(COCc3c4ccccc4cc4ccccc34)N(c3c(C)cc(C)cc3C)C2)c(C)c1. The molecule has 0 saturated carbocycles. The Hall–Kier alpha value is -3.82. The summed E-state index contributed by atoms with van der Waals surface area (Å²) in [4.78, 5) is 5.15. The van der Waals surface area contributed by atoms with E-state index in [4.69, 9.17) is 4.74 Å². The minimum absolute atomic E-state index is 0.251. The lowest BCUT2D eigenvalue weighted by Crippen LogP contribution is -2.35. The summed E-state index contributed by atoms with van der Waals surface area (Å²) >= 11 is 0. The third kappa shape index (κ3) is 4.84. The summed E-state index contributed by atoms with van der Waals surface area (Å²) in [7, 11) is 0. The highest BCUT2D eigenvalue weighted by atomic mass is 16.5. The molecule has 1 saturated heterocycles. The third-order valence-corrected chi connectivity index (χ3v) is 8.51. The summed E-state index contributed by atoms with van der Waals surface area (Å²) < 4.78 is 6.67. The van der Waals surface area contributed by atoms with Gasteiger partial charge in [0, 0.05) is 17.9 Å². The van der Waals surface area contributed by atoms with Gasteiger partial charge in [0.2, 0.25) is 0 Å². The lowest BCUT2D eigenvalue weighted by Gasteiger charge is -2.29. The molecule has 0 amide bonds. The maximum Gasteiger partial charge on any atom is 0.0908 e. The second-order valence-corrected chi connectivity index (χ2v) is 11.8. The average Bonchev–Trinajstić information content (AvgIpc) is 3.29. The molecule has 204 valence electrons. The molecule has 1 fully saturated rings. The first kappa shape index (κ1) is 26.4. The van der Waals surface area contributed by atoms with Crippen LogP contribution in [0.4, 0.5) is 11.4 Å². The molecular weight excluding hydrogens is 488 g/mol. The molecule has 0 aliphatic carbocycles. The smallest absolute Gasteiger partial charge is 0.0908 e. The lowest BCUT2D eigenvalue weighted by molar-refractivity contribution is 0.112. The molecule has 6 rings (SSSR count). The Morgan fingerprint density at radius 1 is 0.650 bits per heavy atom. The van der Waals surface area contributed by atoms with Crippen molar-refractivity contribution in [2.24, 2.45) is 0 Å². The van der Waals surface area contributed by atoms with E-state index in [1.807, 2.05) is 0 Å². The van der Waals surface area contributed by atoms with Gasteiger partial charge in [-0.25, -0.2) is 0 Å². The van der Waals surface area contributed by atoms with Crippen LogP contribution >= 0.6 is 0 Å². The molecule has 3 heteroatoms. The number of benzene rings is 5. The third-order valence-electron chi connectivity index (χ3n) is 8.51. The second-order valence-electron chi connectivity index (χ2n) is 11.8. The Labute approximate surface area is 239 Å². The van der Waals surface area contributed by atoms with Crippen molar-refractivity contribution in [3.63, 3.8) is 0 Å². The monoisotopic (exact) mass is 528 g/mol. The first-order valence-corrected chi connectivity index (χ1v) is 14.4. The number of ether oxygens (including phenoxy) is 1. The molecule has 1 aliphatic rings. The summed E-state index contributed by atoms with van der Waals surface area (Å²) in [6.07, 6.45) is 0. The Balaban J connectivity index is 1.33. The molecule has 0 spiro atoms. The lowest BCUT2D eigenvalue weighted by atomic mass is 9.97. The average molecular weight is 529 g/mol. The van der Waals surface area contributed by atoms with E-state index >= 15 is 0 Å². The number of rotatable bonds is 6. The molecule has 5 aromatic carbocycles. The van der Waals surface area contributed by atoms with Gasteiger partial charge in [-0.3, -0.25) is 0 Å². The van der Waals surface area contributed by atoms with Gasteiger partial charge in [-0.15, -0.1) is 0 Å². The van der Waals surface area contributed by atoms with Crippen LogP contribution in [0.25, 0.3) is 21.5 Å². The summed E-state index contributed by atoms with van der Waals surface area (Å²) in [6, 6.07) is 29.2. The van der Waals surface area contributed by atoms with Gasteiger partial charge in [0.1, 0.15) is 0 Å². The van der Waals surface area contributed by atoms with Crippen molar-refractivity contribution in [1.29, 1.82) is 0 Å². The predicted octanol–water partition coefficient (Wildman–Crippen LogP) is 8.71. The molecule has 0 bridgehead atoms. The largest absolute Gasteiger partial charge is 0.375 e. The highest BCUT2D eigenvalue weighted by Gasteiger charge is 2.34. The fourth-order valence-corrected chi connectivity index (χ4v) is 7.13. The highest BCUT2D eigenvalue weighted by Crippen LogP contribution is 2.36. The van der Waals surface area contributed by atoms with Crippen LogP contribution in [0.3, 0.4) is 0 Å².